The SMILES string of the molecule is CCCCCCCCCCCC.[SnH4]. The Labute approximate surface area is 102 Å². The Morgan fingerprint density at radius 2 is 0.692 bits per heavy atom. The molecular weight excluding hydrogens is 263 g/mol. The quantitative estimate of drug-likeness (QED) is 0.451. The van der Waals surface area contributed by atoms with Crippen LogP contribution in [0.15, 0.2) is 0 Å². The Hall–Kier alpha value is 0.799. The predicted octanol–water partition coefficient (Wildman–Crippen LogP) is 3.48. The molecule has 13 heavy (non-hydrogen) atoms. The van der Waals surface area contributed by atoms with Crippen molar-refractivity contribution in [2.45, 2.75) is 78.1 Å². The van der Waals surface area contributed by atoms with Crippen molar-refractivity contribution in [1.29, 1.82) is 0 Å². The first kappa shape index (κ1) is 16.2. The molecule has 0 radical (unpaired) electrons. The molecule has 0 saturated heterocycles. The maximum atomic E-state index is 2.28. The molecule has 0 saturated carbocycles. The van der Waals surface area contributed by atoms with Crippen molar-refractivity contribution in [2.75, 3.05) is 0 Å². The molecule has 0 unspecified atom stereocenters. The molecule has 0 rings (SSSR count). The van der Waals surface area contributed by atoms with E-state index >= 15 is 0 Å². The topological polar surface area (TPSA) is 0 Å². The van der Waals surface area contributed by atoms with Gasteiger partial charge in [-0.05, 0) is 0 Å². The van der Waals surface area contributed by atoms with Gasteiger partial charge >= 0.3 is 23.9 Å². The van der Waals surface area contributed by atoms with E-state index < -0.39 is 0 Å². The summed E-state index contributed by atoms with van der Waals surface area (Å²) in [5, 5.41) is 0. The van der Waals surface area contributed by atoms with Gasteiger partial charge in [0.25, 0.3) is 0 Å². The second-order valence-electron chi connectivity index (χ2n) is 3.83. The summed E-state index contributed by atoms with van der Waals surface area (Å²) < 4.78 is 0. The van der Waals surface area contributed by atoms with Crippen LogP contribution < -0.4 is 0 Å². The Morgan fingerprint density at radius 1 is 0.462 bits per heavy atom. The van der Waals surface area contributed by atoms with Crippen LogP contribution in [-0.4, -0.2) is 23.9 Å². The van der Waals surface area contributed by atoms with Crippen LogP contribution in [0.3, 0.4) is 0 Å². The van der Waals surface area contributed by atoms with Crippen LogP contribution in [0.25, 0.3) is 0 Å². The molecule has 0 heterocycles. The van der Waals surface area contributed by atoms with Crippen molar-refractivity contribution in [2.24, 2.45) is 0 Å². The Bertz CT molecular complexity index is 61.5. The van der Waals surface area contributed by atoms with Crippen molar-refractivity contribution in [1.82, 2.24) is 0 Å². The first-order valence-electron chi connectivity index (χ1n) is 5.91. The van der Waals surface area contributed by atoms with E-state index in [0.29, 0.717) is 0 Å². The van der Waals surface area contributed by atoms with Gasteiger partial charge in [-0.15, -0.1) is 0 Å². The zero-order chi connectivity index (χ0) is 9.07. The van der Waals surface area contributed by atoms with Crippen LogP contribution in [0.5, 0.6) is 0 Å². The van der Waals surface area contributed by atoms with Gasteiger partial charge in [0.1, 0.15) is 0 Å². The molecule has 0 amide bonds. The first-order chi connectivity index (χ1) is 5.91. The molecule has 0 bridgehead atoms. The van der Waals surface area contributed by atoms with Crippen molar-refractivity contribution in [3.05, 3.63) is 0 Å². The molecule has 0 atom stereocenters. The fourth-order valence-electron chi connectivity index (χ4n) is 1.56. The average Bonchev–Trinajstić information content (AvgIpc) is 2.10. The van der Waals surface area contributed by atoms with Gasteiger partial charge in [0.05, 0.1) is 0 Å². The van der Waals surface area contributed by atoms with E-state index in [1.54, 1.807) is 0 Å². The normalized spacial score (nSPS) is 9.69. The van der Waals surface area contributed by atoms with Gasteiger partial charge in [-0.2, -0.15) is 0 Å². The van der Waals surface area contributed by atoms with Gasteiger partial charge in [0, 0.05) is 0 Å². The van der Waals surface area contributed by atoms with E-state index in [1.165, 1.54) is 64.2 Å². The molecule has 0 aromatic carbocycles. The molecular formula is C12H30Sn. The van der Waals surface area contributed by atoms with Crippen LogP contribution in [-0.2, 0) is 0 Å². The third-order valence-electron chi connectivity index (χ3n) is 2.46. The first-order valence-corrected chi connectivity index (χ1v) is 5.91. The Kier molecular flexibility index (Phi) is 19.1. The van der Waals surface area contributed by atoms with Gasteiger partial charge in [0.15, 0.2) is 0 Å². The molecule has 82 valence electrons. The number of hydrogen-bond donors (Lipinski definition) is 0. The summed E-state index contributed by atoms with van der Waals surface area (Å²) in [4.78, 5) is 0. The zero-order valence-electron chi connectivity index (χ0n) is 9.07. The van der Waals surface area contributed by atoms with Crippen molar-refractivity contribution >= 4 is 23.9 Å². The summed E-state index contributed by atoms with van der Waals surface area (Å²) in [5.41, 5.74) is 0. The molecule has 0 aliphatic rings. The van der Waals surface area contributed by atoms with Crippen molar-refractivity contribution in [3.63, 3.8) is 0 Å². The monoisotopic (exact) mass is 294 g/mol. The van der Waals surface area contributed by atoms with Gasteiger partial charge in [0.2, 0.25) is 0 Å². The Morgan fingerprint density at radius 3 is 0.923 bits per heavy atom. The van der Waals surface area contributed by atoms with Gasteiger partial charge < -0.3 is 0 Å². The molecule has 0 N–H and O–H groups in total. The van der Waals surface area contributed by atoms with Crippen LogP contribution >= 0.6 is 0 Å². The predicted molar refractivity (Wildman–Crippen MR) is 68.9 cm³/mol. The van der Waals surface area contributed by atoms with Crippen LogP contribution in [0.1, 0.15) is 78.1 Å². The molecule has 0 aliphatic heterocycles. The second kappa shape index (κ2) is 15.3. The molecule has 0 fully saturated rings. The minimum absolute atomic E-state index is 0. The van der Waals surface area contributed by atoms with Gasteiger partial charge in [-0.25, -0.2) is 0 Å². The third-order valence-corrected chi connectivity index (χ3v) is 2.46. The summed E-state index contributed by atoms with van der Waals surface area (Å²) in [5.74, 6) is 0. The maximum absolute atomic E-state index is 2.28. The minimum atomic E-state index is 0. The van der Waals surface area contributed by atoms with E-state index in [9.17, 15) is 0 Å². The fraction of sp³-hybridized carbons (Fsp3) is 1.00. The summed E-state index contributed by atoms with van der Waals surface area (Å²) in [6, 6.07) is 0. The Balaban J connectivity index is 0. The van der Waals surface area contributed by atoms with Crippen LogP contribution in [0, 0.1) is 0 Å². The third kappa shape index (κ3) is 15.5. The number of hydrogen-bond acceptors (Lipinski definition) is 0. The number of unbranched alkanes of at least 4 members (excludes halogenated alkanes) is 9. The van der Waals surface area contributed by atoms with Gasteiger partial charge in [-0.3, -0.25) is 0 Å². The van der Waals surface area contributed by atoms with Crippen LogP contribution in [0.2, 0.25) is 0 Å². The molecule has 0 aliphatic carbocycles. The van der Waals surface area contributed by atoms with E-state index in [4.69, 9.17) is 0 Å². The molecule has 0 nitrogen and oxygen atoms in total. The van der Waals surface area contributed by atoms with E-state index in [1.807, 2.05) is 0 Å². The standard InChI is InChI=1S/C12H26.Sn.4H/c1-3-5-7-9-11-12-10-8-6-4-2;;;;;/h3-12H2,1-2H3;;;;;. The zero-order valence-corrected chi connectivity index (χ0v) is 9.07. The molecule has 0 aromatic rings. The molecule has 0 aromatic heterocycles. The summed E-state index contributed by atoms with van der Waals surface area (Å²) in [6.45, 7) is 4.56. The number of rotatable bonds is 9. The van der Waals surface area contributed by atoms with Crippen molar-refractivity contribution < 1.29 is 0 Å². The summed E-state index contributed by atoms with van der Waals surface area (Å²) in [6.07, 6.45) is 14.4. The second-order valence-corrected chi connectivity index (χ2v) is 3.83. The summed E-state index contributed by atoms with van der Waals surface area (Å²) in [7, 11) is 0. The molecule has 0 spiro atoms. The van der Waals surface area contributed by atoms with Crippen LogP contribution in [0.4, 0.5) is 0 Å². The van der Waals surface area contributed by atoms with Crippen molar-refractivity contribution in [3.8, 4) is 0 Å². The van der Waals surface area contributed by atoms with E-state index in [-0.39, 0.29) is 23.9 Å². The van der Waals surface area contributed by atoms with E-state index in [2.05, 4.69) is 13.8 Å². The fourth-order valence-corrected chi connectivity index (χ4v) is 1.56. The average molecular weight is 293 g/mol. The van der Waals surface area contributed by atoms with Gasteiger partial charge in [-0.1, -0.05) is 78.1 Å². The van der Waals surface area contributed by atoms with E-state index in [0.717, 1.165) is 0 Å². The molecule has 1 heteroatoms. The summed E-state index contributed by atoms with van der Waals surface area (Å²) >= 11 is 0.